The fourth-order valence-electron chi connectivity index (χ4n) is 2.46. The zero-order valence-corrected chi connectivity index (χ0v) is 14.3. The number of Topliss-reactive ketones (excluding diaryl/α,β-unsaturated/α-hetero) is 1. The van der Waals surface area contributed by atoms with E-state index >= 15 is 0 Å². The lowest BCUT2D eigenvalue weighted by molar-refractivity contribution is -0.134. The number of nitrogens with zero attached hydrogens (tertiary/aromatic N) is 1. The van der Waals surface area contributed by atoms with Crippen LogP contribution in [-0.4, -0.2) is 42.9 Å². The van der Waals surface area contributed by atoms with Crippen molar-refractivity contribution in [3.63, 3.8) is 0 Å². The van der Waals surface area contributed by atoms with Gasteiger partial charge in [-0.25, -0.2) is 0 Å². The molecule has 0 bridgehead atoms. The highest BCUT2D eigenvalue weighted by Crippen LogP contribution is 2.30. The summed E-state index contributed by atoms with van der Waals surface area (Å²) in [7, 11) is 1.52. The second kappa shape index (κ2) is 7.49. The summed E-state index contributed by atoms with van der Waals surface area (Å²) in [4.78, 5) is 25.7. The van der Waals surface area contributed by atoms with E-state index < -0.39 is 0 Å². The maximum Gasteiger partial charge on any atom is 0.260 e. The Morgan fingerprint density at radius 3 is 2.48 bits per heavy atom. The first-order valence-corrected chi connectivity index (χ1v) is 8.03. The van der Waals surface area contributed by atoms with E-state index in [-0.39, 0.29) is 18.3 Å². The van der Waals surface area contributed by atoms with Gasteiger partial charge in [-0.05, 0) is 43.9 Å². The second-order valence-electron chi connectivity index (χ2n) is 6.38. The normalized spacial score (nSPS) is 13.8. The molecule has 1 amide bonds. The number of hydrogen-bond acceptors (Lipinski definition) is 4. The number of rotatable bonds is 8. The van der Waals surface area contributed by atoms with Crippen LogP contribution in [0.2, 0.25) is 0 Å². The van der Waals surface area contributed by atoms with Crippen molar-refractivity contribution < 1.29 is 19.1 Å². The molecule has 1 aliphatic rings. The molecule has 1 aromatic rings. The third-order valence-corrected chi connectivity index (χ3v) is 3.79. The number of methoxy groups -OCH3 is 1. The zero-order chi connectivity index (χ0) is 17.0. The van der Waals surface area contributed by atoms with Crippen molar-refractivity contribution in [2.75, 3.05) is 20.3 Å². The predicted molar refractivity (Wildman–Crippen MR) is 88.1 cm³/mol. The van der Waals surface area contributed by atoms with Crippen LogP contribution in [0.4, 0.5) is 0 Å². The van der Waals surface area contributed by atoms with E-state index in [0.717, 1.165) is 19.4 Å². The number of hydrogen-bond donors (Lipinski definition) is 0. The molecule has 1 aromatic carbocycles. The minimum absolute atomic E-state index is 0.00102. The molecular weight excluding hydrogens is 294 g/mol. The lowest BCUT2D eigenvalue weighted by atomic mass is 10.1. The van der Waals surface area contributed by atoms with Crippen LogP contribution in [0, 0.1) is 5.92 Å². The van der Waals surface area contributed by atoms with Gasteiger partial charge in [0.1, 0.15) is 0 Å². The third-order valence-electron chi connectivity index (χ3n) is 3.79. The van der Waals surface area contributed by atoms with Crippen molar-refractivity contribution in [3.8, 4) is 11.5 Å². The van der Waals surface area contributed by atoms with E-state index in [0.29, 0.717) is 29.0 Å². The Labute approximate surface area is 137 Å². The van der Waals surface area contributed by atoms with Crippen molar-refractivity contribution in [2.45, 2.75) is 39.7 Å². The highest BCUT2D eigenvalue weighted by molar-refractivity contribution is 5.94. The van der Waals surface area contributed by atoms with Crippen molar-refractivity contribution in [2.24, 2.45) is 5.92 Å². The number of ketones is 1. The van der Waals surface area contributed by atoms with E-state index in [2.05, 4.69) is 13.8 Å². The second-order valence-corrected chi connectivity index (χ2v) is 6.38. The number of carbonyl (C=O) groups is 2. The molecule has 2 rings (SSSR count). The molecule has 23 heavy (non-hydrogen) atoms. The van der Waals surface area contributed by atoms with Gasteiger partial charge in [0.25, 0.3) is 5.91 Å². The van der Waals surface area contributed by atoms with Gasteiger partial charge in [0, 0.05) is 18.2 Å². The molecule has 1 saturated carbocycles. The number of amides is 1. The largest absolute Gasteiger partial charge is 0.493 e. The number of ether oxygens (including phenoxy) is 2. The Hall–Kier alpha value is -2.04. The summed E-state index contributed by atoms with van der Waals surface area (Å²) in [6.07, 6.45) is 2.16. The number of carbonyl (C=O) groups excluding carboxylic acids is 2. The standard InChI is InChI=1S/C18H25NO4/c1-12(2)10-19(15-6-7-15)18(21)11-23-16-8-5-14(13(3)20)9-17(16)22-4/h5,8-9,12,15H,6-7,10-11H2,1-4H3. The average molecular weight is 319 g/mol. The van der Waals surface area contributed by atoms with Crippen LogP contribution in [0.3, 0.4) is 0 Å². The molecule has 0 radical (unpaired) electrons. The molecule has 5 nitrogen and oxygen atoms in total. The Bertz CT molecular complexity index is 578. The lowest BCUT2D eigenvalue weighted by Crippen LogP contribution is -2.39. The van der Waals surface area contributed by atoms with Gasteiger partial charge in [-0.1, -0.05) is 13.8 Å². The molecule has 0 saturated heterocycles. The molecular formula is C18H25NO4. The zero-order valence-electron chi connectivity index (χ0n) is 14.3. The molecule has 0 aromatic heterocycles. The molecule has 0 aliphatic heterocycles. The van der Waals surface area contributed by atoms with Crippen LogP contribution in [0.15, 0.2) is 18.2 Å². The Morgan fingerprint density at radius 2 is 1.96 bits per heavy atom. The molecule has 0 unspecified atom stereocenters. The van der Waals surface area contributed by atoms with E-state index in [1.165, 1.54) is 14.0 Å². The average Bonchev–Trinajstić information content (AvgIpc) is 3.34. The lowest BCUT2D eigenvalue weighted by Gasteiger charge is -2.24. The Morgan fingerprint density at radius 1 is 1.26 bits per heavy atom. The van der Waals surface area contributed by atoms with Crippen molar-refractivity contribution in [1.82, 2.24) is 4.90 Å². The van der Waals surface area contributed by atoms with Gasteiger partial charge in [0.2, 0.25) is 0 Å². The van der Waals surface area contributed by atoms with Gasteiger partial charge in [-0.15, -0.1) is 0 Å². The minimum atomic E-state index is -0.0391. The molecule has 0 atom stereocenters. The molecule has 1 fully saturated rings. The molecule has 1 aliphatic carbocycles. The summed E-state index contributed by atoms with van der Waals surface area (Å²) in [6.45, 7) is 6.45. The summed E-state index contributed by atoms with van der Waals surface area (Å²) < 4.78 is 10.9. The van der Waals surface area contributed by atoms with Crippen LogP contribution < -0.4 is 9.47 Å². The van der Waals surface area contributed by atoms with Crippen molar-refractivity contribution in [3.05, 3.63) is 23.8 Å². The smallest absolute Gasteiger partial charge is 0.260 e. The van der Waals surface area contributed by atoms with Crippen molar-refractivity contribution >= 4 is 11.7 Å². The van der Waals surface area contributed by atoms with Gasteiger partial charge in [0.05, 0.1) is 7.11 Å². The quantitative estimate of drug-likeness (QED) is 0.691. The third kappa shape index (κ3) is 4.71. The Balaban J connectivity index is 2.01. The van der Waals surface area contributed by atoms with E-state index in [1.807, 2.05) is 4.90 Å². The van der Waals surface area contributed by atoms with Crippen molar-refractivity contribution in [1.29, 1.82) is 0 Å². The number of benzene rings is 1. The fourth-order valence-corrected chi connectivity index (χ4v) is 2.46. The highest BCUT2D eigenvalue weighted by atomic mass is 16.5. The van der Waals surface area contributed by atoms with Crippen LogP contribution in [-0.2, 0) is 4.79 Å². The van der Waals surface area contributed by atoms with Gasteiger partial charge in [0.15, 0.2) is 23.9 Å². The first-order chi connectivity index (χ1) is 10.9. The van der Waals surface area contributed by atoms with Crippen LogP contribution in [0.25, 0.3) is 0 Å². The highest BCUT2D eigenvalue weighted by Gasteiger charge is 2.32. The first-order valence-electron chi connectivity index (χ1n) is 8.03. The van der Waals surface area contributed by atoms with E-state index in [1.54, 1.807) is 18.2 Å². The summed E-state index contributed by atoms with van der Waals surface area (Å²) in [5.41, 5.74) is 0.556. The topological polar surface area (TPSA) is 55.8 Å². The predicted octanol–water partition coefficient (Wildman–Crippen LogP) is 2.92. The maximum atomic E-state index is 12.4. The summed E-state index contributed by atoms with van der Waals surface area (Å²) in [5, 5.41) is 0. The summed E-state index contributed by atoms with van der Waals surface area (Å²) in [5.74, 6) is 1.34. The molecule has 0 heterocycles. The summed E-state index contributed by atoms with van der Waals surface area (Å²) >= 11 is 0. The van der Waals surface area contributed by atoms with Crippen LogP contribution in [0.1, 0.15) is 44.0 Å². The maximum absolute atomic E-state index is 12.4. The minimum Gasteiger partial charge on any atom is -0.493 e. The van der Waals surface area contributed by atoms with E-state index in [9.17, 15) is 9.59 Å². The molecule has 0 spiro atoms. The SMILES string of the molecule is COc1cc(C(C)=O)ccc1OCC(=O)N(CC(C)C)C1CC1. The van der Waals surface area contributed by atoms with Gasteiger partial charge in [-0.3, -0.25) is 9.59 Å². The van der Waals surface area contributed by atoms with Gasteiger partial charge in [-0.2, -0.15) is 0 Å². The van der Waals surface area contributed by atoms with Gasteiger partial charge >= 0.3 is 0 Å². The Kier molecular flexibility index (Phi) is 5.64. The van der Waals surface area contributed by atoms with Gasteiger partial charge < -0.3 is 14.4 Å². The molecule has 126 valence electrons. The molecule has 5 heteroatoms. The molecule has 0 N–H and O–H groups in total. The monoisotopic (exact) mass is 319 g/mol. The van der Waals surface area contributed by atoms with Crippen LogP contribution >= 0.6 is 0 Å². The fraction of sp³-hybridized carbons (Fsp3) is 0.556. The summed E-state index contributed by atoms with van der Waals surface area (Å²) in [6, 6.07) is 5.36. The first kappa shape index (κ1) is 17.3. The van der Waals surface area contributed by atoms with Crippen LogP contribution in [0.5, 0.6) is 11.5 Å². The van der Waals surface area contributed by atoms with E-state index in [4.69, 9.17) is 9.47 Å².